The highest BCUT2D eigenvalue weighted by molar-refractivity contribution is 6.12. The highest BCUT2D eigenvalue weighted by Crippen LogP contribution is 2.15. The Morgan fingerprint density at radius 3 is 1.83 bits per heavy atom. The predicted octanol–water partition coefficient (Wildman–Crippen LogP) is -0.723. The van der Waals surface area contributed by atoms with Gasteiger partial charge in [0.2, 0.25) is 5.91 Å². The van der Waals surface area contributed by atoms with E-state index in [9.17, 15) is 28.8 Å². The average Bonchev–Trinajstić information content (AvgIpc) is 3.44. The first-order chi connectivity index (χ1) is 19.8. The number of amides is 5. The Hall–Kier alpha value is -3.24. The van der Waals surface area contributed by atoms with E-state index in [1.807, 2.05) is 0 Å². The van der Waals surface area contributed by atoms with Gasteiger partial charge in [0.1, 0.15) is 6.04 Å². The SMILES string of the molecule is COCCOCCOCCOCCOCCC(=O)NC(CCCCN1C(=O)C=CC1=O)C(=O)ON1C(=O)CCC1=O. The van der Waals surface area contributed by atoms with Crippen LogP contribution in [0.5, 0.6) is 0 Å². The molecule has 2 heterocycles. The largest absolute Gasteiger partial charge is 0.382 e. The third kappa shape index (κ3) is 13.3. The number of imide groups is 2. The number of methoxy groups -OCH3 is 1. The van der Waals surface area contributed by atoms with E-state index >= 15 is 0 Å². The van der Waals surface area contributed by atoms with E-state index in [1.165, 1.54) is 12.2 Å². The minimum atomic E-state index is -1.15. The van der Waals surface area contributed by atoms with Gasteiger partial charge in [-0.1, -0.05) is 0 Å². The average molecular weight is 586 g/mol. The molecule has 1 N–H and O–H groups in total. The summed E-state index contributed by atoms with van der Waals surface area (Å²) in [5.74, 6) is -3.56. The first kappa shape index (κ1) is 34.0. The molecule has 1 unspecified atom stereocenters. The molecule has 1 saturated heterocycles. The van der Waals surface area contributed by atoms with Gasteiger partial charge in [-0.2, -0.15) is 0 Å². The molecule has 2 aliphatic heterocycles. The Labute approximate surface area is 238 Å². The normalized spacial score (nSPS) is 15.7. The van der Waals surface area contributed by atoms with Crippen LogP contribution in [0.4, 0.5) is 0 Å². The summed E-state index contributed by atoms with van der Waals surface area (Å²) in [4.78, 5) is 78.2. The van der Waals surface area contributed by atoms with Gasteiger partial charge in [-0.3, -0.25) is 28.9 Å². The molecule has 1 fully saturated rings. The standard InChI is InChI=1S/C26H39N3O12/c1-36-12-13-38-16-17-40-19-18-39-15-14-37-11-9-21(30)27-20(26(35)41-29-24(33)7-8-25(29)34)4-2-3-10-28-22(31)5-6-23(28)32/h5-6,20H,2-4,7-19H2,1H3,(H,27,30). The van der Waals surface area contributed by atoms with E-state index in [4.69, 9.17) is 28.5 Å². The van der Waals surface area contributed by atoms with Crippen molar-refractivity contribution >= 4 is 35.5 Å². The molecule has 1 atom stereocenters. The van der Waals surface area contributed by atoms with Crippen molar-refractivity contribution in [2.45, 2.75) is 44.6 Å². The maximum absolute atomic E-state index is 12.7. The summed E-state index contributed by atoms with van der Waals surface area (Å²) in [6.07, 6.45) is 2.99. The van der Waals surface area contributed by atoms with Gasteiger partial charge in [0, 0.05) is 45.1 Å². The van der Waals surface area contributed by atoms with E-state index < -0.39 is 41.5 Å². The van der Waals surface area contributed by atoms with Crippen LogP contribution in [0, 0.1) is 0 Å². The van der Waals surface area contributed by atoms with Crippen LogP contribution in [0.25, 0.3) is 0 Å². The van der Waals surface area contributed by atoms with Crippen LogP contribution in [0.1, 0.15) is 38.5 Å². The first-order valence-electron chi connectivity index (χ1n) is 13.5. The van der Waals surface area contributed by atoms with Crippen LogP contribution in [0.3, 0.4) is 0 Å². The number of ether oxygens (including phenoxy) is 5. The molecule has 5 amide bonds. The Bertz CT molecular complexity index is 891. The molecule has 2 aliphatic rings. The van der Waals surface area contributed by atoms with E-state index in [2.05, 4.69) is 5.32 Å². The predicted molar refractivity (Wildman–Crippen MR) is 139 cm³/mol. The number of carbonyl (C=O) groups excluding carboxylic acids is 6. The van der Waals surface area contributed by atoms with Crippen molar-refractivity contribution in [1.82, 2.24) is 15.3 Å². The second-order valence-electron chi connectivity index (χ2n) is 8.96. The zero-order valence-electron chi connectivity index (χ0n) is 23.3. The monoisotopic (exact) mass is 585 g/mol. The van der Waals surface area contributed by atoms with E-state index in [1.54, 1.807) is 7.11 Å². The lowest BCUT2D eigenvalue weighted by Crippen LogP contribution is -2.45. The molecule has 2 rings (SSSR count). The lowest BCUT2D eigenvalue weighted by atomic mass is 10.1. The quantitative estimate of drug-likeness (QED) is 0.118. The molecule has 41 heavy (non-hydrogen) atoms. The van der Waals surface area contributed by atoms with Crippen molar-refractivity contribution in [2.75, 3.05) is 73.1 Å². The first-order valence-corrected chi connectivity index (χ1v) is 13.5. The molecule has 0 aliphatic carbocycles. The number of unbranched alkanes of at least 4 members (excludes halogenated alkanes) is 1. The molecule has 0 aromatic heterocycles. The number of nitrogens with zero attached hydrogens (tertiary/aromatic N) is 2. The summed E-state index contributed by atoms with van der Waals surface area (Å²) in [7, 11) is 1.60. The summed E-state index contributed by atoms with van der Waals surface area (Å²) in [5, 5.41) is 2.96. The van der Waals surface area contributed by atoms with Crippen molar-refractivity contribution in [3.63, 3.8) is 0 Å². The van der Waals surface area contributed by atoms with Crippen molar-refractivity contribution in [1.29, 1.82) is 0 Å². The molecular weight excluding hydrogens is 546 g/mol. The van der Waals surface area contributed by atoms with Gasteiger partial charge in [0.05, 0.1) is 59.5 Å². The van der Waals surface area contributed by atoms with Gasteiger partial charge in [-0.25, -0.2) is 4.79 Å². The number of hydrogen-bond acceptors (Lipinski definition) is 12. The lowest BCUT2D eigenvalue weighted by Gasteiger charge is -2.20. The van der Waals surface area contributed by atoms with Gasteiger partial charge in [0.25, 0.3) is 23.6 Å². The van der Waals surface area contributed by atoms with Crippen LogP contribution < -0.4 is 5.32 Å². The van der Waals surface area contributed by atoms with Crippen LogP contribution in [-0.2, 0) is 57.3 Å². The number of carbonyl (C=O) groups is 6. The lowest BCUT2D eigenvalue weighted by molar-refractivity contribution is -0.199. The molecule has 0 radical (unpaired) electrons. The van der Waals surface area contributed by atoms with Gasteiger partial charge in [0.15, 0.2) is 0 Å². The fourth-order valence-electron chi connectivity index (χ4n) is 3.67. The highest BCUT2D eigenvalue weighted by Gasteiger charge is 2.35. The Morgan fingerprint density at radius 1 is 0.780 bits per heavy atom. The zero-order valence-corrected chi connectivity index (χ0v) is 23.3. The Morgan fingerprint density at radius 2 is 1.29 bits per heavy atom. The number of rotatable bonds is 23. The molecule has 0 spiro atoms. The minimum Gasteiger partial charge on any atom is -0.382 e. The van der Waals surface area contributed by atoms with Crippen LogP contribution >= 0.6 is 0 Å². The van der Waals surface area contributed by atoms with Crippen LogP contribution in [0.15, 0.2) is 12.2 Å². The van der Waals surface area contributed by atoms with Crippen LogP contribution in [-0.4, -0.2) is 125 Å². The van der Waals surface area contributed by atoms with Crippen molar-refractivity contribution in [2.24, 2.45) is 0 Å². The van der Waals surface area contributed by atoms with Gasteiger partial charge < -0.3 is 33.8 Å². The Kier molecular flexibility index (Phi) is 16.4. The second kappa shape index (κ2) is 19.8. The minimum absolute atomic E-state index is 0.0556. The molecular formula is C26H39N3O12. The van der Waals surface area contributed by atoms with Crippen molar-refractivity contribution < 1.29 is 57.3 Å². The fourth-order valence-corrected chi connectivity index (χ4v) is 3.67. The summed E-state index contributed by atoms with van der Waals surface area (Å²) in [5.41, 5.74) is 0. The third-order valence-corrected chi connectivity index (χ3v) is 5.85. The molecule has 230 valence electrons. The summed E-state index contributed by atoms with van der Waals surface area (Å²) < 4.78 is 26.3. The molecule has 0 saturated carbocycles. The van der Waals surface area contributed by atoms with Gasteiger partial charge in [-0.15, -0.1) is 5.06 Å². The summed E-state index contributed by atoms with van der Waals surface area (Å²) in [6, 6.07) is -1.15. The molecule has 0 aromatic rings. The molecule has 15 heteroatoms. The Balaban J connectivity index is 1.64. The maximum atomic E-state index is 12.7. The number of hydroxylamine groups is 2. The third-order valence-electron chi connectivity index (χ3n) is 5.85. The fraction of sp³-hybridized carbons (Fsp3) is 0.692. The van der Waals surface area contributed by atoms with E-state index in [0.717, 1.165) is 4.90 Å². The zero-order chi connectivity index (χ0) is 29.9. The summed E-state index contributed by atoms with van der Waals surface area (Å²) in [6.45, 7) is 3.53. The highest BCUT2D eigenvalue weighted by atomic mass is 16.7. The van der Waals surface area contributed by atoms with E-state index in [-0.39, 0.29) is 45.4 Å². The molecule has 15 nitrogen and oxygen atoms in total. The van der Waals surface area contributed by atoms with Gasteiger partial charge >= 0.3 is 5.97 Å². The smallest absolute Gasteiger partial charge is 0.355 e. The second-order valence-corrected chi connectivity index (χ2v) is 8.96. The van der Waals surface area contributed by atoms with Crippen molar-refractivity contribution in [3.8, 4) is 0 Å². The van der Waals surface area contributed by atoms with Crippen LogP contribution in [0.2, 0.25) is 0 Å². The van der Waals surface area contributed by atoms with Crippen molar-refractivity contribution in [3.05, 3.63) is 12.2 Å². The molecule has 0 bridgehead atoms. The maximum Gasteiger partial charge on any atom is 0.355 e. The molecule has 0 aromatic carbocycles. The van der Waals surface area contributed by atoms with E-state index in [0.29, 0.717) is 64.2 Å². The number of nitrogens with one attached hydrogen (secondary N) is 1. The topological polar surface area (TPSA) is 176 Å². The van der Waals surface area contributed by atoms with Gasteiger partial charge in [-0.05, 0) is 19.3 Å². The number of hydrogen-bond donors (Lipinski definition) is 1. The summed E-state index contributed by atoms with van der Waals surface area (Å²) >= 11 is 0.